The Labute approximate surface area is 115 Å². The Hall–Kier alpha value is -2.14. The van der Waals surface area contributed by atoms with E-state index in [1.165, 1.54) is 11.8 Å². The van der Waals surface area contributed by atoms with E-state index < -0.39 is 0 Å². The fourth-order valence-electron chi connectivity index (χ4n) is 1.68. The van der Waals surface area contributed by atoms with Crippen LogP contribution in [0.3, 0.4) is 0 Å². The van der Waals surface area contributed by atoms with Crippen molar-refractivity contribution in [1.82, 2.24) is 0 Å². The zero-order chi connectivity index (χ0) is 13.8. The number of carbonyl (C=O) groups is 2. The second-order valence-electron chi connectivity index (χ2n) is 3.80. The van der Waals surface area contributed by atoms with Crippen molar-refractivity contribution in [2.24, 2.45) is 4.99 Å². The van der Waals surface area contributed by atoms with Gasteiger partial charge in [-0.3, -0.25) is 14.6 Å². The van der Waals surface area contributed by atoms with Crippen molar-refractivity contribution < 1.29 is 9.59 Å². The number of anilines is 1. The molecule has 5 heteroatoms. The van der Waals surface area contributed by atoms with Crippen molar-refractivity contribution >= 4 is 36.4 Å². The molecule has 0 radical (unpaired) electrons. The highest BCUT2D eigenvalue weighted by molar-refractivity contribution is 8.03. The number of nitrogens with zero attached hydrogens (tertiary/aromatic N) is 1. The van der Waals surface area contributed by atoms with E-state index in [2.05, 4.69) is 17.0 Å². The highest BCUT2D eigenvalue weighted by atomic mass is 32.2. The van der Waals surface area contributed by atoms with Crippen LogP contribution in [-0.4, -0.2) is 18.9 Å². The molecule has 0 unspecified atom stereocenters. The standard InChI is InChI=1S/C14H12N2O2S/c1-3-4-12-13(15-2)14(18)16-10-7-9(8-17)5-6-11(10)19-12/h3-8H,2H2,1H3,(H,16,18)/b4-3-. The summed E-state index contributed by atoms with van der Waals surface area (Å²) in [4.78, 5) is 28.2. The van der Waals surface area contributed by atoms with Crippen LogP contribution in [-0.2, 0) is 4.79 Å². The van der Waals surface area contributed by atoms with Crippen LogP contribution in [0.25, 0.3) is 0 Å². The number of benzene rings is 1. The van der Waals surface area contributed by atoms with Gasteiger partial charge in [0.2, 0.25) is 0 Å². The number of aliphatic imine (C=N–C) groups is 1. The Kier molecular flexibility index (Phi) is 3.97. The van der Waals surface area contributed by atoms with Gasteiger partial charge in [0.15, 0.2) is 0 Å². The Bertz CT molecular complexity index is 618. The molecule has 0 saturated carbocycles. The first-order valence-corrected chi connectivity index (χ1v) is 6.43. The van der Waals surface area contributed by atoms with Crippen LogP contribution in [0.4, 0.5) is 5.69 Å². The molecule has 1 aliphatic rings. The molecule has 0 spiro atoms. The van der Waals surface area contributed by atoms with Crippen LogP contribution in [0, 0.1) is 0 Å². The SMILES string of the molecule is C=NC1=C(/C=C\C)Sc2ccc(C=O)cc2NC1=O. The molecule has 1 heterocycles. The molecule has 1 aromatic carbocycles. The third kappa shape index (κ3) is 2.66. The van der Waals surface area contributed by atoms with Crippen LogP contribution in [0.2, 0.25) is 0 Å². The molecule has 0 atom stereocenters. The number of allylic oxidation sites excluding steroid dienone is 2. The summed E-state index contributed by atoms with van der Waals surface area (Å²) in [5.41, 5.74) is 1.41. The number of hydrogen-bond donors (Lipinski definition) is 1. The molecule has 4 nitrogen and oxygen atoms in total. The van der Waals surface area contributed by atoms with Gasteiger partial charge < -0.3 is 5.32 Å². The number of thioether (sulfide) groups is 1. The van der Waals surface area contributed by atoms with Crippen LogP contribution in [0.15, 0.2) is 50.8 Å². The van der Waals surface area contributed by atoms with E-state index >= 15 is 0 Å². The van der Waals surface area contributed by atoms with Crippen LogP contribution in [0.5, 0.6) is 0 Å². The molecule has 19 heavy (non-hydrogen) atoms. The smallest absolute Gasteiger partial charge is 0.275 e. The second kappa shape index (κ2) is 5.67. The zero-order valence-electron chi connectivity index (χ0n) is 10.3. The molecular formula is C14H12N2O2S. The van der Waals surface area contributed by atoms with Crippen LogP contribution >= 0.6 is 11.8 Å². The molecule has 1 aliphatic heterocycles. The molecule has 1 N–H and O–H groups in total. The van der Waals surface area contributed by atoms with Crippen molar-refractivity contribution in [3.63, 3.8) is 0 Å². The first kappa shape index (κ1) is 13.3. The van der Waals surface area contributed by atoms with Gasteiger partial charge in [0, 0.05) is 15.4 Å². The van der Waals surface area contributed by atoms with Gasteiger partial charge in [-0.25, -0.2) is 0 Å². The van der Waals surface area contributed by atoms with Gasteiger partial charge in [-0.15, -0.1) is 0 Å². The quantitative estimate of drug-likeness (QED) is 0.679. The number of fused-ring (bicyclic) bond motifs is 1. The monoisotopic (exact) mass is 272 g/mol. The summed E-state index contributed by atoms with van der Waals surface area (Å²) in [6.45, 7) is 5.30. The maximum absolute atomic E-state index is 12.1. The Morgan fingerprint density at radius 1 is 1.42 bits per heavy atom. The fourth-order valence-corrected chi connectivity index (χ4v) is 2.73. The minimum atomic E-state index is -0.322. The summed E-state index contributed by atoms with van der Waals surface area (Å²) in [5, 5.41) is 2.74. The number of aldehydes is 1. The van der Waals surface area contributed by atoms with Crippen molar-refractivity contribution in [2.45, 2.75) is 11.8 Å². The van der Waals surface area contributed by atoms with E-state index in [0.717, 1.165) is 16.1 Å². The topological polar surface area (TPSA) is 58.5 Å². The summed E-state index contributed by atoms with van der Waals surface area (Å²) < 4.78 is 0. The maximum Gasteiger partial charge on any atom is 0.275 e. The average Bonchev–Trinajstić information content (AvgIpc) is 2.53. The summed E-state index contributed by atoms with van der Waals surface area (Å²) in [6, 6.07) is 5.16. The Morgan fingerprint density at radius 2 is 2.21 bits per heavy atom. The Morgan fingerprint density at radius 3 is 2.84 bits per heavy atom. The lowest BCUT2D eigenvalue weighted by Gasteiger charge is -2.06. The molecular weight excluding hydrogens is 260 g/mol. The van der Waals surface area contributed by atoms with Gasteiger partial charge in [0.25, 0.3) is 5.91 Å². The molecule has 0 aromatic heterocycles. The predicted molar refractivity (Wildman–Crippen MR) is 77.7 cm³/mol. The van der Waals surface area contributed by atoms with Gasteiger partial charge >= 0.3 is 0 Å². The minimum absolute atomic E-state index is 0.284. The Balaban J connectivity index is 2.54. The number of nitrogens with one attached hydrogen (secondary N) is 1. The van der Waals surface area contributed by atoms with E-state index in [1.807, 2.05) is 19.1 Å². The third-order valence-corrected chi connectivity index (χ3v) is 3.66. The van der Waals surface area contributed by atoms with Crippen molar-refractivity contribution in [3.05, 3.63) is 46.5 Å². The van der Waals surface area contributed by atoms with Gasteiger partial charge in [0.1, 0.15) is 12.0 Å². The van der Waals surface area contributed by atoms with E-state index in [0.29, 0.717) is 11.3 Å². The molecule has 1 amide bonds. The van der Waals surface area contributed by atoms with E-state index in [1.54, 1.807) is 18.2 Å². The summed E-state index contributed by atoms with van der Waals surface area (Å²) >= 11 is 1.42. The molecule has 96 valence electrons. The maximum atomic E-state index is 12.1. The summed E-state index contributed by atoms with van der Waals surface area (Å²) in [7, 11) is 0. The van der Waals surface area contributed by atoms with Crippen LogP contribution in [0.1, 0.15) is 17.3 Å². The zero-order valence-corrected chi connectivity index (χ0v) is 11.2. The number of amides is 1. The largest absolute Gasteiger partial charge is 0.320 e. The first-order chi connectivity index (χ1) is 9.19. The number of rotatable bonds is 3. The normalized spacial score (nSPS) is 14.9. The van der Waals surface area contributed by atoms with E-state index in [9.17, 15) is 9.59 Å². The number of carbonyl (C=O) groups excluding carboxylic acids is 2. The summed E-state index contributed by atoms with van der Waals surface area (Å²) in [5.74, 6) is -0.322. The molecule has 0 saturated heterocycles. The first-order valence-electron chi connectivity index (χ1n) is 5.61. The van der Waals surface area contributed by atoms with Gasteiger partial charge in [-0.2, -0.15) is 0 Å². The lowest BCUT2D eigenvalue weighted by atomic mass is 10.2. The van der Waals surface area contributed by atoms with Crippen molar-refractivity contribution in [3.8, 4) is 0 Å². The predicted octanol–water partition coefficient (Wildman–Crippen LogP) is 3.03. The minimum Gasteiger partial charge on any atom is -0.320 e. The average molecular weight is 272 g/mol. The van der Waals surface area contributed by atoms with Crippen LogP contribution < -0.4 is 5.32 Å². The highest BCUT2D eigenvalue weighted by Crippen LogP contribution is 2.38. The number of hydrogen-bond acceptors (Lipinski definition) is 4. The molecule has 0 bridgehead atoms. The lowest BCUT2D eigenvalue weighted by molar-refractivity contribution is -0.112. The molecule has 2 rings (SSSR count). The fraction of sp³-hybridized carbons (Fsp3) is 0.0714. The van der Waals surface area contributed by atoms with Crippen molar-refractivity contribution in [2.75, 3.05) is 5.32 Å². The van der Waals surface area contributed by atoms with Gasteiger partial charge in [-0.1, -0.05) is 30.0 Å². The summed E-state index contributed by atoms with van der Waals surface area (Å²) in [6.07, 6.45) is 4.40. The van der Waals surface area contributed by atoms with Gasteiger partial charge in [-0.05, 0) is 25.8 Å². The van der Waals surface area contributed by atoms with E-state index in [-0.39, 0.29) is 11.6 Å². The molecule has 0 fully saturated rings. The van der Waals surface area contributed by atoms with E-state index in [4.69, 9.17) is 0 Å². The molecule has 1 aromatic rings. The highest BCUT2D eigenvalue weighted by Gasteiger charge is 2.20. The van der Waals surface area contributed by atoms with Crippen molar-refractivity contribution in [1.29, 1.82) is 0 Å². The lowest BCUT2D eigenvalue weighted by Crippen LogP contribution is -2.13. The van der Waals surface area contributed by atoms with Gasteiger partial charge in [0.05, 0.1) is 5.69 Å². The third-order valence-electron chi connectivity index (χ3n) is 2.53. The second-order valence-corrected chi connectivity index (χ2v) is 4.88. The molecule has 0 aliphatic carbocycles.